The first-order valence-electron chi connectivity index (χ1n) is 10.5. The summed E-state index contributed by atoms with van der Waals surface area (Å²) in [6.45, 7) is 6.03. The van der Waals surface area contributed by atoms with Crippen molar-refractivity contribution in [2.24, 2.45) is 0 Å². The predicted octanol–water partition coefficient (Wildman–Crippen LogP) is 5.95. The molecule has 0 aliphatic carbocycles. The lowest BCUT2D eigenvalue weighted by Gasteiger charge is -2.30. The molecule has 0 spiro atoms. The van der Waals surface area contributed by atoms with Crippen LogP contribution in [0.1, 0.15) is 44.7 Å². The molecule has 0 aromatic heterocycles. The number of nitrogens with zero attached hydrogens (tertiary/aromatic N) is 1. The van der Waals surface area contributed by atoms with Gasteiger partial charge in [0, 0.05) is 30.5 Å². The number of hydrogen-bond acceptors (Lipinski definition) is 3. The summed E-state index contributed by atoms with van der Waals surface area (Å²) < 4.78 is 0. The van der Waals surface area contributed by atoms with Crippen LogP contribution in [0, 0.1) is 0 Å². The van der Waals surface area contributed by atoms with Crippen molar-refractivity contribution in [3.05, 3.63) is 69.7 Å². The minimum Gasteiger partial charge on any atom is -0.352 e. The van der Waals surface area contributed by atoms with E-state index in [-0.39, 0.29) is 17.9 Å². The van der Waals surface area contributed by atoms with Crippen LogP contribution in [-0.2, 0) is 21.9 Å². The molecule has 2 aromatic carbocycles. The van der Waals surface area contributed by atoms with Crippen molar-refractivity contribution < 1.29 is 9.59 Å². The first kappa shape index (κ1) is 25.6. The Morgan fingerprint density at radius 3 is 2.39 bits per heavy atom. The molecule has 0 bridgehead atoms. The molecule has 7 heteroatoms. The molecule has 0 radical (unpaired) electrons. The maximum atomic E-state index is 13.1. The fourth-order valence-corrected chi connectivity index (χ4v) is 4.16. The number of amides is 2. The molecule has 0 saturated carbocycles. The minimum atomic E-state index is -0.588. The molecular formula is C24H30Cl2N2O2S. The number of carbonyl (C=O) groups excluding carboxylic acids is 2. The molecule has 2 rings (SSSR count). The average molecular weight is 481 g/mol. The first-order valence-corrected chi connectivity index (χ1v) is 12.4. The number of rotatable bonds is 11. The fourth-order valence-electron chi connectivity index (χ4n) is 2.95. The van der Waals surface area contributed by atoms with Gasteiger partial charge in [-0.05, 0) is 43.5 Å². The van der Waals surface area contributed by atoms with Crippen LogP contribution >= 0.6 is 35.0 Å². The van der Waals surface area contributed by atoms with E-state index in [1.54, 1.807) is 35.7 Å². The zero-order valence-corrected chi connectivity index (χ0v) is 20.6. The Labute approximate surface area is 199 Å². The summed E-state index contributed by atoms with van der Waals surface area (Å²) in [5.41, 5.74) is 2.07. The van der Waals surface area contributed by atoms with Gasteiger partial charge in [-0.3, -0.25) is 9.59 Å². The second-order valence-corrected chi connectivity index (χ2v) is 9.47. The van der Waals surface area contributed by atoms with Crippen LogP contribution in [0.15, 0.2) is 48.5 Å². The van der Waals surface area contributed by atoms with E-state index in [0.717, 1.165) is 17.7 Å². The Morgan fingerprint density at radius 1 is 1.03 bits per heavy atom. The van der Waals surface area contributed by atoms with Crippen molar-refractivity contribution in [1.82, 2.24) is 10.2 Å². The lowest BCUT2D eigenvalue weighted by Crippen LogP contribution is -2.49. The van der Waals surface area contributed by atoms with Gasteiger partial charge in [0.1, 0.15) is 6.04 Å². The van der Waals surface area contributed by atoms with E-state index < -0.39 is 6.04 Å². The third-order valence-electron chi connectivity index (χ3n) is 5.08. The lowest BCUT2D eigenvalue weighted by molar-refractivity contribution is -0.140. The lowest BCUT2D eigenvalue weighted by atomic mass is 10.1. The van der Waals surface area contributed by atoms with Gasteiger partial charge in [0.2, 0.25) is 11.8 Å². The van der Waals surface area contributed by atoms with Crippen molar-refractivity contribution >= 4 is 46.8 Å². The summed E-state index contributed by atoms with van der Waals surface area (Å²) in [4.78, 5) is 27.4. The Balaban J connectivity index is 2.04. The normalized spacial score (nSPS) is 12.8. The van der Waals surface area contributed by atoms with Gasteiger partial charge in [-0.2, -0.15) is 11.8 Å². The molecule has 0 aliphatic heterocycles. The Kier molecular flexibility index (Phi) is 10.7. The van der Waals surface area contributed by atoms with Crippen molar-refractivity contribution in [1.29, 1.82) is 0 Å². The van der Waals surface area contributed by atoms with Crippen molar-refractivity contribution in [2.45, 2.75) is 58.0 Å². The van der Waals surface area contributed by atoms with Crippen molar-refractivity contribution in [3.8, 4) is 0 Å². The molecule has 2 aromatic rings. The average Bonchev–Trinajstić information content (AvgIpc) is 2.77. The largest absolute Gasteiger partial charge is 0.352 e. The quantitative estimate of drug-likeness (QED) is 0.404. The van der Waals surface area contributed by atoms with Gasteiger partial charge < -0.3 is 10.2 Å². The van der Waals surface area contributed by atoms with Crippen LogP contribution in [0.4, 0.5) is 0 Å². The highest BCUT2D eigenvalue weighted by molar-refractivity contribution is 7.98. The molecule has 1 N–H and O–H groups in total. The molecule has 31 heavy (non-hydrogen) atoms. The molecule has 4 nitrogen and oxygen atoms in total. The smallest absolute Gasteiger partial charge is 0.242 e. The predicted molar refractivity (Wildman–Crippen MR) is 132 cm³/mol. The van der Waals surface area contributed by atoms with Gasteiger partial charge in [-0.15, -0.1) is 0 Å². The standard InChI is InChI=1S/C24H30Cl2N2O2S/c1-4-17(2)27-24(30)18(3)28(15-20-10-11-21(25)22(26)14-20)23(29)12-13-31-16-19-8-6-5-7-9-19/h5-11,14,17-18H,4,12-13,15-16H2,1-3H3,(H,27,30). The van der Waals surface area contributed by atoms with Gasteiger partial charge in [-0.1, -0.05) is 66.5 Å². The minimum absolute atomic E-state index is 0.0540. The first-order chi connectivity index (χ1) is 14.8. The number of hydrogen-bond donors (Lipinski definition) is 1. The van der Waals surface area contributed by atoms with E-state index in [4.69, 9.17) is 23.2 Å². The zero-order valence-electron chi connectivity index (χ0n) is 18.2. The van der Waals surface area contributed by atoms with Gasteiger partial charge in [0.05, 0.1) is 10.0 Å². The highest BCUT2D eigenvalue weighted by Gasteiger charge is 2.26. The van der Waals surface area contributed by atoms with Gasteiger partial charge in [0.15, 0.2) is 0 Å². The molecular weight excluding hydrogens is 451 g/mol. The second-order valence-electron chi connectivity index (χ2n) is 7.55. The van der Waals surface area contributed by atoms with E-state index in [1.807, 2.05) is 38.1 Å². The summed E-state index contributed by atoms with van der Waals surface area (Å²) in [5.74, 6) is 1.33. The number of halogens is 2. The summed E-state index contributed by atoms with van der Waals surface area (Å²) in [5, 5.41) is 3.87. The number of benzene rings is 2. The third kappa shape index (κ3) is 8.40. The van der Waals surface area contributed by atoms with Crippen LogP contribution in [0.5, 0.6) is 0 Å². The second kappa shape index (κ2) is 13.0. The third-order valence-corrected chi connectivity index (χ3v) is 6.85. The van der Waals surface area contributed by atoms with Crippen LogP contribution in [0.25, 0.3) is 0 Å². The summed E-state index contributed by atoms with van der Waals surface area (Å²) in [7, 11) is 0. The topological polar surface area (TPSA) is 49.4 Å². The van der Waals surface area contributed by atoms with E-state index in [0.29, 0.717) is 28.8 Å². The molecule has 2 atom stereocenters. The van der Waals surface area contributed by atoms with Gasteiger partial charge in [-0.25, -0.2) is 0 Å². The number of carbonyl (C=O) groups is 2. The highest BCUT2D eigenvalue weighted by Crippen LogP contribution is 2.24. The molecule has 0 heterocycles. The van der Waals surface area contributed by atoms with Crippen LogP contribution < -0.4 is 5.32 Å². The fraction of sp³-hybridized carbons (Fsp3) is 0.417. The molecule has 0 fully saturated rings. The summed E-state index contributed by atoms with van der Waals surface area (Å²) in [6, 6.07) is 14.9. The van der Waals surface area contributed by atoms with E-state index in [1.165, 1.54) is 5.56 Å². The SMILES string of the molecule is CCC(C)NC(=O)C(C)N(Cc1ccc(Cl)c(Cl)c1)C(=O)CCSCc1ccccc1. The van der Waals surface area contributed by atoms with E-state index in [2.05, 4.69) is 17.4 Å². The maximum absolute atomic E-state index is 13.1. The van der Waals surface area contributed by atoms with Gasteiger partial charge in [0.25, 0.3) is 0 Å². The Morgan fingerprint density at radius 2 is 1.74 bits per heavy atom. The van der Waals surface area contributed by atoms with Gasteiger partial charge >= 0.3 is 0 Å². The van der Waals surface area contributed by atoms with Crippen LogP contribution in [0.3, 0.4) is 0 Å². The number of thioether (sulfide) groups is 1. The van der Waals surface area contributed by atoms with Crippen LogP contribution in [0.2, 0.25) is 10.0 Å². The molecule has 2 amide bonds. The van der Waals surface area contributed by atoms with Crippen molar-refractivity contribution in [2.75, 3.05) is 5.75 Å². The monoisotopic (exact) mass is 480 g/mol. The van der Waals surface area contributed by atoms with Crippen molar-refractivity contribution in [3.63, 3.8) is 0 Å². The van der Waals surface area contributed by atoms with E-state index >= 15 is 0 Å². The zero-order chi connectivity index (χ0) is 22.8. The Bertz CT molecular complexity index is 864. The Hall–Kier alpha value is -1.69. The highest BCUT2D eigenvalue weighted by atomic mass is 35.5. The number of nitrogens with one attached hydrogen (secondary N) is 1. The molecule has 2 unspecified atom stereocenters. The molecule has 0 saturated heterocycles. The summed E-state index contributed by atoms with van der Waals surface area (Å²) in [6.07, 6.45) is 1.19. The molecule has 0 aliphatic rings. The van der Waals surface area contributed by atoms with E-state index in [9.17, 15) is 9.59 Å². The van der Waals surface area contributed by atoms with Crippen LogP contribution in [-0.4, -0.2) is 34.6 Å². The summed E-state index contributed by atoms with van der Waals surface area (Å²) >= 11 is 13.9. The maximum Gasteiger partial charge on any atom is 0.242 e. The molecule has 168 valence electrons.